The lowest BCUT2D eigenvalue weighted by atomic mass is 9.87. The molecule has 2 rings (SSSR count). The highest BCUT2D eigenvalue weighted by molar-refractivity contribution is 5.94. The molecule has 0 atom stereocenters. The molecule has 0 bridgehead atoms. The number of amides is 1. The summed E-state index contributed by atoms with van der Waals surface area (Å²) >= 11 is 0. The second-order valence-electron chi connectivity index (χ2n) is 6.08. The van der Waals surface area contributed by atoms with Crippen LogP contribution < -0.4 is 5.43 Å². The molecule has 0 saturated carbocycles. The Morgan fingerprint density at radius 3 is 2.41 bits per heavy atom. The minimum Gasteiger partial charge on any atom is -0.267 e. The average molecular weight is 298 g/mol. The number of halogens is 1. The second kappa shape index (κ2) is 6.52. The van der Waals surface area contributed by atoms with Crippen molar-refractivity contribution in [3.05, 3.63) is 71.0 Å². The molecular weight excluding hydrogens is 279 g/mol. The van der Waals surface area contributed by atoms with E-state index in [4.69, 9.17) is 0 Å². The molecular formula is C18H19FN2O. The maximum atomic E-state index is 13.0. The Morgan fingerprint density at radius 2 is 1.82 bits per heavy atom. The van der Waals surface area contributed by atoms with Crippen molar-refractivity contribution >= 4 is 12.1 Å². The van der Waals surface area contributed by atoms with Gasteiger partial charge in [0.05, 0.1) is 6.21 Å². The van der Waals surface area contributed by atoms with Crippen LogP contribution in [0.15, 0.2) is 53.6 Å². The topological polar surface area (TPSA) is 41.5 Å². The van der Waals surface area contributed by atoms with E-state index in [1.807, 2.05) is 12.1 Å². The largest absolute Gasteiger partial charge is 0.271 e. The van der Waals surface area contributed by atoms with Gasteiger partial charge in [-0.3, -0.25) is 4.79 Å². The molecule has 0 aromatic heterocycles. The molecule has 0 aliphatic heterocycles. The van der Waals surface area contributed by atoms with Crippen molar-refractivity contribution in [1.82, 2.24) is 5.43 Å². The van der Waals surface area contributed by atoms with Gasteiger partial charge < -0.3 is 0 Å². The summed E-state index contributed by atoms with van der Waals surface area (Å²) in [6.07, 6.45) is 1.41. The third-order valence-electron chi connectivity index (χ3n) is 3.24. The Labute approximate surface area is 129 Å². The van der Waals surface area contributed by atoms with E-state index in [0.717, 1.165) is 5.56 Å². The lowest BCUT2D eigenvalue weighted by molar-refractivity contribution is 0.0955. The van der Waals surface area contributed by atoms with Gasteiger partial charge in [0.15, 0.2) is 0 Å². The average Bonchev–Trinajstić information content (AvgIpc) is 2.46. The number of carbonyl (C=O) groups excluding carboxylic acids is 1. The highest BCUT2D eigenvalue weighted by Crippen LogP contribution is 2.22. The van der Waals surface area contributed by atoms with Gasteiger partial charge in [0.2, 0.25) is 0 Å². The molecule has 0 aliphatic rings. The third kappa shape index (κ3) is 4.25. The number of hydrogen-bond acceptors (Lipinski definition) is 2. The first kappa shape index (κ1) is 15.9. The van der Waals surface area contributed by atoms with E-state index in [1.165, 1.54) is 18.3 Å². The molecule has 2 aromatic carbocycles. The van der Waals surface area contributed by atoms with E-state index in [9.17, 15) is 9.18 Å². The van der Waals surface area contributed by atoms with Crippen molar-refractivity contribution in [3.8, 4) is 0 Å². The van der Waals surface area contributed by atoms with Gasteiger partial charge in [-0.2, -0.15) is 5.10 Å². The fraction of sp³-hybridized carbons (Fsp3) is 0.222. The van der Waals surface area contributed by atoms with Crippen molar-refractivity contribution in [2.24, 2.45) is 5.10 Å². The van der Waals surface area contributed by atoms with Crippen LogP contribution in [-0.4, -0.2) is 12.1 Å². The van der Waals surface area contributed by atoms with Crippen LogP contribution in [0, 0.1) is 5.82 Å². The van der Waals surface area contributed by atoms with Crippen LogP contribution in [0.25, 0.3) is 0 Å². The molecule has 3 nitrogen and oxygen atoms in total. The van der Waals surface area contributed by atoms with Crippen molar-refractivity contribution in [3.63, 3.8) is 0 Å². The molecule has 114 valence electrons. The maximum Gasteiger partial charge on any atom is 0.271 e. The van der Waals surface area contributed by atoms with Crippen molar-refractivity contribution in [2.75, 3.05) is 0 Å². The van der Waals surface area contributed by atoms with E-state index >= 15 is 0 Å². The van der Waals surface area contributed by atoms with Gasteiger partial charge in [0.1, 0.15) is 5.82 Å². The zero-order valence-electron chi connectivity index (χ0n) is 12.9. The number of benzene rings is 2. The Bertz CT molecular complexity index is 685. The standard InChI is InChI=1S/C18H19FN2O/c1-18(2,3)15-9-7-14(8-10-15)17(22)21-20-12-13-5-4-6-16(19)11-13/h4-12H,1-3H3,(H,21,22). The van der Waals surface area contributed by atoms with Crippen molar-refractivity contribution < 1.29 is 9.18 Å². The van der Waals surface area contributed by atoms with Crippen LogP contribution in [0.2, 0.25) is 0 Å². The highest BCUT2D eigenvalue weighted by Gasteiger charge is 2.14. The first-order valence-electron chi connectivity index (χ1n) is 7.06. The van der Waals surface area contributed by atoms with Crippen LogP contribution in [0.4, 0.5) is 4.39 Å². The fourth-order valence-corrected chi connectivity index (χ4v) is 1.94. The summed E-state index contributed by atoms with van der Waals surface area (Å²) in [6.45, 7) is 6.35. The van der Waals surface area contributed by atoms with Crippen molar-refractivity contribution in [2.45, 2.75) is 26.2 Å². The molecule has 4 heteroatoms. The Kier molecular flexibility index (Phi) is 4.71. The normalized spacial score (nSPS) is 11.6. The van der Waals surface area contributed by atoms with E-state index in [2.05, 4.69) is 31.3 Å². The van der Waals surface area contributed by atoms with Gasteiger partial charge in [-0.05, 0) is 40.8 Å². The Balaban J connectivity index is 2.00. The number of hydrazone groups is 1. The zero-order chi connectivity index (χ0) is 16.2. The van der Waals surface area contributed by atoms with Gasteiger partial charge >= 0.3 is 0 Å². The SMILES string of the molecule is CC(C)(C)c1ccc(C(=O)NN=Cc2cccc(F)c2)cc1. The number of nitrogens with zero attached hydrogens (tertiary/aromatic N) is 1. The molecule has 1 amide bonds. The minimum absolute atomic E-state index is 0.0462. The van der Waals surface area contributed by atoms with E-state index in [-0.39, 0.29) is 17.1 Å². The summed E-state index contributed by atoms with van der Waals surface area (Å²) in [5, 5.41) is 3.84. The molecule has 0 heterocycles. The molecule has 0 saturated heterocycles. The fourth-order valence-electron chi connectivity index (χ4n) is 1.94. The van der Waals surface area contributed by atoms with Crippen molar-refractivity contribution in [1.29, 1.82) is 0 Å². The van der Waals surface area contributed by atoms with Gasteiger partial charge in [0.25, 0.3) is 5.91 Å². The third-order valence-corrected chi connectivity index (χ3v) is 3.24. The van der Waals surface area contributed by atoms with Gasteiger partial charge in [-0.1, -0.05) is 45.0 Å². The smallest absolute Gasteiger partial charge is 0.267 e. The van der Waals surface area contributed by atoms with E-state index in [1.54, 1.807) is 24.3 Å². The number of carbonyl (C=O) groups is 1. The van der Waals surface area contributed by atoms with Gasteiger partial charge in [-0.25, -0.2) is 9.82 Å². The molecule has 2 aromatic rings. The van der Waals surface area contributed by atoms with Crippen LogP contribution in [0.3, 0.4) is 0 Å². The zero-order valence-corrected chi connectivity index (χ0v) is 12.9. The quantitative estimate of drug-likeness (QED) is 0.678. The van der Waals surface area contributed by atoms with Crippen LogP contribution in [0.1, 0.15) is 42.3 Å². The highest BCUT2D eigenvalue weighted by atomic mass is 19.1. The van der Waals surface area contributed by atoms with Crippen LogP contribution >= 0.6 is 0 Å². The molecule has 0 spiro atoms. The first-order chi connectivity index (χ1) is 10.4. The number of rotatable bonds is 3. The monoisotopic (exact) mass is 298 g/mol. The summed E-state index contributed by atoms with van der Waals surface area (Å²) in [6, 6.07) is 13.4. The summed E-state index contributed by atoms with van der Waals surface area (Å²) in [7, 11) is 0. The molecule has 0 unspecified atom stereocenters. The summed E-state index contributed by atoms with van der Waals surface area (Å²) in [5.74, 6) is -0.638. The van der Waals surface area contributed by atoms with E-state index < -0.39 is 0 Å². The van der Waals surface area contributed by atoms with E-state index in [0.29, 0.717) is 11.1 Å². The number of hydrogen-bond donors (Lipinski definition) is 1. The lowest BCUT2D eigenvalue weighted by Gasteiger charge is -2.18. The predicted molar refractivity (Wildman–Crippen MR) is 86.6 cm³/mol. The first-order valence-corrected chi connectivity index (χ1v) is 7.06. The van der Waals surface area contributed by atoms with Crippen LogP contribution in [0.5, 0.6) is 0 Å². The van der Waals surface area contributed by atoms with Crippen LogP contribution in [-0.2, 0) is 5.41 Å². The molecule has 22 heavy (non-hydrogen) atoms. The summed E-state index contributed by atoms with van der Waals surface area (Å²) < 4.78 is 13.0. The lowest BCUT2D eigenvalue weighted by Crippen LogP contribution is -2.18. The minimum atomic E-state index is -0.340. The number of nitrogens with one attached hydrogen (secondary N) is 1. The maximum absolute atomic E-state index is 13.0. The molecule has 0 aliphatic carbocycles. The molecule has 0 fully saturated rings. The predicted octanol–water partition coefficient (Wildman–Crippen LogP) is 3.89. The molecule has 1 N–H and O–H groups in total. The van der Waals surface area contributed by atoms with Gasteiger partial charge in [-0.15, -0.1) is 0 Å². The second-order valence-corrected chi connectivity index (χ2v) is 6.08. The summed E-state index contributed by atoms with van der Waals surface area (Å²) in [4.78, 5) is 12.0. The molecule has 0 radical (unpaired) electrons. The Morgan fingerprint density at radius 1 is 1.14 bits per heavy atom. The van der Waals surface area contributed by atoms with Gasteiger partial charge in [0, 0.05) is 5.56 Å². The Hall–Kier alpha value is -2.49. The summed E-state index contributed by atoms with van der Waals surface area (Å²) in [5.41, 5.74) is 4.76.